The average Bonchev–Trinajstić information content (AvgIpc) is 2.54. The average molecular weight is 265 g/mol. The second-order valence-electron chi connectivity index (χ2n) is 5.19. The van der Waals surface area contributed by atoms with Crippen LogP contribution in [0.1, 0.15) is 46.0 Å². The highest BCUT2D eigenvalue weighted by Gasteiger charge is 2.17. The SMILES string of the molecule is CCOc1nc(N)nc(NC2CCCC(C)CC2)n1. The van der Waals surface area contributed by atoms with E-state index in [1.165, 1.54) is 19.3 Å². The molecule has 0 saturated heterocycles. The topological polar surface area (TPSA) is 86.0 Å². The molecular weight excluding hydrogens is 242 g/mol. The minimum atomic E-state index is 0.197. The molecule has 19 heavy (non-hydrogen) atoms. The second-order valence-corrected chi connectivity index (χ2v) is 5.19. The summed E-state index contributed by atoms with van der Waals surface area (Å²) in [7, 11) is 0. The van der Waals surface area contributed by atoms with Gasteiger partial charge in [-0.2, -0.15) is 15.0 Å². The molecule has 2 atom stereocenters. The monoisotopic (exact) mass is 265 g/mol. The maximum Gasteiger partial charge on any atom is 0.323 e. The van der Waals surface area contributed by atoms with Crippen molar-refractivity contribution >= 4 is 11.9 Å². The summed E-state index contributed by atoms with van der Waals surface area (Å²) in [6, 6.07) is 0.709. The van der Waals surface area contributed by atoms with Gasteiger partial charge in [-0.15, -0.1) is 0 Å². The molecule has 0 aliphatic heterocycles. The van der Waals surface area contributed by atoms with Gasteiger partial charge >= 0.3 is 6.01 Å². The first-order valence-corrected chi connectivity index (χ1v) is 7.08. The van der Waals surface area contributed by atoms with Crippen molar-refractivity contribution in [3.63, 3.8) is 0 Å². The zero-order valence-electron chi connectivity index (χ0n) is 11.7. The van der Waals surface area contributed by atoms with E-state index in [0.29, 0.717) is 24.6 Å². The number of nitrogens with two attached hydrogens (primary N) is 1. The maximum absolute atomic E-state index is 5.67. The van der Waals surface area contributed by atoms with Crippen LogP contribution in [0.3, 0.4) is 0 Å². The third kappa shape index (κ3) is 4.22. The van der Waals surface area contributed by atoms with Gasteiger partial charge in [0, 0.05) is 6.04 Å². The minimum absolute atomic E-state index is 0.197. The van der Waals surface area contributed by atoms with E-state index < -0.39 is 0 Å². The molecule has 6 nitrogen and oxygen atoms in total. The number of nitrogens with one attached hydrogen (secondary N) is 1. The summed E-state index contributed by atoms with van der Waals surface area (Å²) in [5.41, 5.74) is 5.67. The summed E-state index contributed by atoms with van der Waals surface area (Å²) in [5.74, 6) is 1.53. The van der Waals surface area contributed by atoms with Crippen LogP contribution in [-0.4, -0.2) is 27.6 Å². The highest BCUT2D eigenvalue weighted by Crippen LogP contribution is 2.24. The molecule has 0 radical (unpaired) electrons. The summed E-state index contributed by atoms with van der Waals surface area (Å²) in [5, 5.41) is 3.36. The van der Waals surface area contributed by atoms with Gasteiger partial charge < -0.3 is 15.8 Å². The molecule has 6 heteroatoms. The molecule has 106 valence electrons. The summed E-state index contributed by atoms with van der Waals surface area (Å²) < 4.78 is 5.28. The van der Waals surface area contributed by atoms with Crippen LogP contribution in [0.4, 0.5) is 11.9 Å². The molecule has 1 aromatic heterocycles. The maximum atomic E-state index is 5.67. The molecule has 1 aromatic rings. The first kappa shape index (κ1) is 13.8. The predicted octanol–water partition coefficient (Wildman–Crippen LogP) is 2.23. The Kier molecular flexibility index (Phi) is 4.76. The number of nitrogen functional groups attached to an aromatic ring is 1. The van der Waals surface area contributed by atoms with Crippen LogP contribution in [0.2, 0.25) is 0 Å². The Balaban J connectivity index is 2.01. The Morgan fingerprint density at radius 1 is 1.21 bits per heavy atom. The smallest absolute Gasteiger partial charge is 0.323 e. The van der Waals surface area contributed by atoms with E-state index in [1.807, 2.05) is 6.92 Å². The molecule has 1 heterocycles. The predicted molar refractivity (Wildman–Crippen MR) is 75.1 cm³/mol. The van der Waals surface area contributed by atoms with E-state index in [9.17, 15) is 0 Å². The largest absolute Gasteiger partial charge is 0.464 e. The van der Waals surface area contributed by atoms with Gasteiger partial charge in [0.1, 0.15) is 0 Å². The molecule has 0 amide bonds. The third-order valence-electron chi connectivity index (χ3n) is 3.50. The molecule has 2 rings (SSSR count). The van der Waals surface area contributed by atoms with Crippen molar-refractivity contribution in [2.75, 3.05) is 17.7 Å². The van der Waals surface area contributed by atoms with Crippen molar-refractivity contribution in [3.8, 4) is 6.01 Å². The Morgan fingerprint density at radius 2 is 2.05 bits per heavy atom. The molecular formula is C13H23N5O. The van der Waals surface area contributed by atoms with E-state index in [-0.39, 0.29) is 5.95 Å². The van der Waals surface area contributed by atoms with Gasteiger partial charge in [0.05, 0.1) is 6.61 Å². The summed E-state index contributed by atoms with van der Waals surface area (Å²) >= 11 is 0. The van der Waals surface area contributed by atoms with Gasteiger partial charge in [-0.1, -0.05) is 19.8 Å². The zero-order chi connectivity index (χ0) is 13.7. The van der Waals surface area contributed by atoms with E-state index in [4.69, 9.17) is 10.5 Å². The van der Waals surface area contributed by atoms with Gasteiger partial charge in [0.25, 0.3) is 0 Å². The van der Waals surface area contributed by atoms with Crippen molar-refractivity contribution < 1.29 is 4.74 Å². The fourth-order valence-corrected chi connectivity index (χ4v) is 2.44. The zero-order valence-corrected chi connectivity index (χ0v) is 11.7. The first-order valence-electron chi connectivity index (χ1n) is 7.08. The fraction of sp³-hybridized carbons (Fsp3) is 0.769. The quantitative estimate of drug-likeness (QED) is 0.812. The van der Waals surface area contributed by atoms with Gasteiger partial charge in [-0.3, -0.25) is 0 Å². The van der Waals surface area contributed by atoms with Crippen LogP contribution in [0, 0.1) is 5.92 Å². The number of ether oxygens (including phenoxy) is 1. The third-order valence-corrected chi connectivity index (χ3v) is 3.50. The number of nitrogens with zero attached hydrogens (tertiary/aromatic N) is 3. The standard InChI is InChI=1S/C13H23N5O/c1-3-19-13-17-11(14)16-12(18-13)15-10-6-4-5-9(2)7-8-10/h9-10H,3-8H2,1-2H3,(H3,14,15,16,17,18). The van der Waals surface area contributed by atoms with Crippen molar-refractivity contribution in [2.24, 2.45) is 5.92 Å². The Hall–Kier alpha value is -1.59. The van der Waals surface area contributed by atoms with Gasteiger partial charge in [0.2, 0.25) is 11.9 Å². The molecule has 1 aliphatic rings. The molecule has 1 saturated carbocycles. The Labute approximate surface area is 114 Å². The van der Waals surface area contributed by atoms with Crippen LogP contribution >= 0.6 is 0 Å². The summed E-state index contributed by atoms with van der Waals surface area (Å²) in [6.45, 7) is 4.72. The van der Waals surface area contributed by atoms with Crippen LogP contribution in [-0.2, 0) is 0 Å². The lowest BCUT2D eigenvalue weighted by atomic mass is 10.0. The van der Waals surface area contributed by atoms with E-state index in [0.717, 1.165) is 18.8 Å². The van der Waals surface area contributed by atoms with Gasteiger partial charge in [-0.05, 0) is 32.1 Å². The highest BCUT2D eigenvalue weighted by molar-refractivity contribution is 5.33. The Bertz CT molecular complexity index is 412. The lowest BCUT2D eigenvalue weighted by Gasteiger charge is -2.16. The van der Waals surface area contributed by atoms with Crippen LogP contribution < -0.4 is 15.8 Å². The molecule has 3 N–H and O–H groups in total. The van der Waals surface area contributed by atoms with Crippen LogP contribution in [0.5, 0.6) is 6.01 Å². The van der Waals surface area contributed by atoms with Crippen LogP contribution in [0.15, 0.2) is 0 Å². The van der Waals surface area contributed by atoms with E-state index >= 15 is 0 Å². The normalized spacial score (nSPS) is 23.7. The summed E-state index contributed by atoms with van der Waals surface area (Å²) in [4.78, 5) is 12.3. The number of hydrogen-bond acceptors (Lipinski definition) is 6. The fourth-order valence-electron chi connectivity index (χ4n) is 2.44. The lowest BCUT2D eigenvalue weighted by Crippen LogP contribution is -2.21. The van der Waals surface area contributed by atoms with Gasteiger partial charge in [-0.25, -0.2) is 0 Å². The summed E-state index contributed by atoms with van der Waals surface area (Å²) in [6.07, 6.45) is 6.10. The molecule has 0 bridgehead atoms. The lowest BCUT2D eigenvalue weighted by molar-refractivity contribution is 0.312. The van der Waals surface area contributed by atoms with Gasteiger partial charge in [0.15, 0.2) is 0 Å². The Morgan fingerprint density at radius 3 is 2.84 bits per heavy atom. The molecule has 0 aromatic carbocycles. The second kappa shape index (κ2) is 6.54. The number of anilines is 2. The molecule has 1 fully saturated rings. The van der Waals surface area contributed by atoms with Crippen LogP contribution in [0.25, 0.3) is 0 Å². The van der Waals surface area contributed by atoms with Crippen molar-refractivity contribution in [2.45, 2.75) is 52.0 Å². The van der Waals surface area contributed by atoms with E-state index in [1.54, 1.807) is 0 Å². The van der Waals surface area contributed by atoms with E-state index in [2.05, 4.69) is 27.2 Å². The van der Waals surface area contributed by atoms with Crippen molar-refractivity contribution in [1.82, 2.24) is 15.0 Å². The number of aromatic nitrogens is 3. The minimum Gasteiger partial charge on any atom is -0.464 e. The highest BCUT2D eigenvalue weighted by atomic mass is 16.5. The molecule has 0 spiro atoms. The molecule has 2 unspecified atom stereocenters. The van der Waals surface area contributed by atoms with Crippen molar-refractivity contribution in [3.05, 3.63) is 0 Å². The number of rotatable bonds is 4. The number of hydrogen-bond donors (Lipinski definition) is 2. The first-order chi connectivity index (χ1) is 9.17. The molecule has 1 aliphatic carbocycles. The van der Waals surface area contributed by atoms with Crippen molar-refractivity contribution in [1.29, 1.82) is 0 Å².